The van der Waals surface area contributed by atoms with Gasteiger partial charge in [0.25, 0.3) is 0 Å². The van der Waals surface area contributed by atoms with Crippen LogP contribution in [0.3, 0.4) is 0 Å². The summed E-state index contributed by atoms with van der Waals surface area (Å²) in [5, 5.41) is 10.9. The molecule has 0 saturated heterocycles. The molecule has 0 aromatic rings. The Hall–Kier alpha value is -1.70. The molecule has 0 aromatic heterocycles. The molecule has 0 aliphatic rings. The molecule has 0 fully saturated rings. The van der Waals surface area contributed by atoms with Crippen LogP contribution in [0.5, 0.6) is 0 Å². The van der Waals surface area contributed by atoms with Crippen LogP contribution in [0.25, 0.3) is 0 Å². The lowest BCUT2D eigenvalue weighted by Crippen LogP contribution is -2.37. The second-order valence-corrected chi connectivity index (χ2v) is 1.98. The van der Waals surface area contributed by atoms with E-state index >= 15 is 0 Å². The van der Waals surface area contributed by atoms with E-state index in [9.17, 15) is 0 Å². The molecular formula is C6H11N5. The summed E-state index contributed by atoms with van der Waals surface area (Å²) in [6, 6.07) is 1.55. The van der Waals surface area contributed by atoms with Gasteiger partial charge in [-0.05, 0) is 6.92 Å². The monoisotopic (exact) mass is 153 g/mol. The van der Waals surface area contributed by atoms with Crippen molar-refractivity contribution in [2.24, 2.45) is 16.5 Å². The fraction of sp³-hybridized carbons (Fsp3) is 0.333. The highest BCUT2D eigenvalue weighted by Crippen LogP contribution is 1.80. The van der Waals surface area contributed by atoms with E-state index in [2.05, 4.69) is 16.9 Å². The van der Waals surface area contributed by atoms with E-state index < -0.39 is 0 Å². The van der Waals surface area contributed by atoms with Crippen molar-refractivity contribution >= 4 is 5.96 Å². The van der Waals surface area contributed by atoms with Crippen molar-refractivity contribution in [2.45, 2.75) is 13.0 Å². The van der Waals surface area contributed by atoms with Crippen molar-refractivity contribution in [1.29, 1.82) is 5.26 Å². The Labute approximate surface area is 65.4 Å². The van der Waals surface area contributed by atoms with E-state index in [0.29, 0.717) is 0 Å². The van der Waals surface area contributed by atoms with Crippen molar-refractivity contribution in [3.8, 4) is 6.07 Å². The summed E-state index contributed by atoms with van der Waals surface area (Å²) in [5.41, 5.74) is 10.4. The summed E-state index contributed by atoms with van der Waals surface area (Å²) < 4.78 is 0. The fourth-order valence-corrected chi connectivity index (χ4v) is 0.441. The Balaban J connectivity index is 3.98. The molecular weight excluding hydrogens is 142 g/mol. The summed E-state index contributed by atoms with van der Waals surface area (Å²) in [4.78, 5) is 3.58. The Morgan fingerprint density at radius 1 is 1.73 bits per heavy atom. The van der Waals surface area contributed by atoms with Crippen LogP contribution in [0.1, 0.15) is 6.92 Å². The summed E-state index contributed by atoms with van der Waals surface area (Å²) in [5.74, 6) is 0.215. The largest absolute Gasteiger partial charge is 0.384 e. The number of aliphatic imine (C=N–C) groups is 1. The highest BCUT2D eigenvalue weighted by molar-refractivity contribution is 5.79. The van der Waals surface area contributed by atoms with Crippen molar-refractivity contribution in [2.75, 3.05) is 0 Å². The lowest BCUT2D eigenvalue weighted by atomic mass is 10.4. The minimum Gasteiger partial charge on any atom is -0.384 e. The molecule has 0 amide bonds. The van der Waals surface area contributed by atoms with E-state index in [0.717, 1.165) is 0 Å². The molecule has 1 atom stereocenters. The minimum atomic E-state index is -0.377. The molecule has 0 aromatic carbocycles. The topological polar surface area (TPSA) is 100 Å². The van der Waals surface area contributed by atoms with Crippen LogP contribution in [0, 0.1) is 11.3 Å². The molecule has 5 N–H and O–H groups in total. The lowest BCUT2D eigenvalue weighted by molar-refractivity contribution is 0.809. The molecule has 0 bridgehead atoms. The van der Waals surface area contributed by atoms with Crippen LogP contribution >= 0.6 is 0 Å². The smallest absolute Gasteiger partial charge is 0.196 e. The summed E-state index contributed by atoms with van der Waals surface area (Å²) in [6.45, 7) is 4.97. The molecule has 11 heavy (non-hydrogen) atoms. The Kier molecular flexibility index (Phi) is 3.52. The molecule has 0 saturated carbocycles. The van der Waals surface area contributed by atoms with Gasteiger partial charge in [0.2, 0.25) is 0 Å². The van der Waals surface area contributed by atoms with Crippen LogP contribution in [0.15, 0.2) is 17.4 Å². The molecule has 1 unspecified atom stereocenters. The van der Waals surface area contributed by atoms with Gasteiger partial charge in [0.05, 0.1) is 6.07 Å². The zero-order valence-electron chi connectivity index (χ0n) is 6.33. The zero-order chi connectivity index (χ0) is 8.85. The normalized spacial score (nSPS) is 13.3. The highest BCUT2D eigenvalue weighted by atomic mass is 15.1. The van der Waals surface area contributed by atoms with Gasteiger partial charge in [0.15, 0.2) is 5.96 Å². The van der Waals surface area contributed by atoms with Gasteiger partial charge < -0.3 is 16.8 Å². The average molecular weight is 153 g/mol. The summed E-state index contributed by atoms with van der Waals surface area (Å²) in [6.07, 6.45) is 0. The molecule has 60 valence electrons. The molecule has 5 heteroatoms. The van der Waals surface area contributed by atoms with E-state index in [1.807, 2.05) is 6.07 Å². The van der Waals surface area contributed by atoms with Gasteiger partial charge in [-0.25, -0.2) is 0 Å². The second-order valence-electron chi connectivity index (χ2n) is 1.98. The number of hydrogen-bond donors (Lipinski definition) is 3. The number of hydrogen-bond acceptors (Lipinski definition) is 3. The first-order chi connectivity index (χ1) is 5.06. The zero-order valence-corrected chi connectivity index (χ0v) is 6.33. The molecule has 0 rings (SSSR count). The molecule has 0 heterocycles. The van der Waals surface area contributed by atoms with Gasteiger partial charge in [-0.1, -0.05) is 6.58 Å². The maximum Gasteiger partial charge on any atom is 0.196 e. The molecule has 0 aliphatic heterocycles. The van der Waals surface area contributed by atoms with Gasteiger partial charge in [-0.3, -0.25) is 0 Å². The van der Waals surface area contributed by atoms with Gasteiger partial charge in [-0.2, -0.15) is 10.3 Å². The number of nitriles is 1. The average Bonchev–Trinajstić information content (AvgIpc) is 1.85. The summed E-state index contributed by atoms with van der Waals surface area (Å²) in [7, 11) is 0. The first kappa shape index (κ1) is 9.30. The second kappa shape index (κ2) is 4.17. The predicted molar refractivity (Wildman–Crippen MR) is 43.2 cm³/mol. The summed E-state index contributed by atoms with van der Waals surface area (Å²) >= 11 is 0. The van der Waals surface area contributed by atoms with E-state index in [1.54, 1.807) is 6.92 Å². The van der Waals surface area contributed by atoms with Crippen molar-refractivity contribution < 1.29 is 0 Å². The fourth-order valence-electron chi connectivity index (χ4n) is 0.441. The number of nitrogens with two attached hydrogens (primary N) is 2. The van der Waals surface area contributed by atoms with Gasteiger partial charge in [0.1, 0.15) is 11.9 Å². The first-order valence-corrected chi connectivity index (χ1v) is 3.01. The Bertz CT molecular complexity index is 212. The van der Waals surface area contributed by atoms with Gasteiger partial charge in [-0.15, -0.1) is 0 Å². The lowest BCUT2D eigenvalue weighted by Gasteiger charge is -2.05. The molecule has 0 radical (unpaired) electrons. The van der Waals surface area contributed by atoms with E-state index in [-0.39, 0.29) is 17.8 Å². The standard InChI is InChI=1S/C6H11N5/c1-4(3-7)10-6(9)11-5(2)8/h4H,2,8H2,1H3,(H3,9,10,11). The van der Waals surface area contributed by atoms with Crippen LogP contribution in [0.2, 0.25) is 0 Å². The molecule has 0 aliphatic carbocycles. The molecule has 5 nitrogen and oxygen atoms in total. The Morgan fingerprint density at radius 3 is 2.64 bits per heavy atom. The minimum absolute atomic E-state index is 0.103. The number of guanidine groups is 1. The van der Waals surface area contributed by atoms with Gasteiger partial charge in [0, 0.05) is 0 Å². The number of rotatable bonds is 2. The van der Waals surface area contributed by atoms with Gasteiger partial charge >= 0.3 is 0 Å². The SMILES string of the molecule is C=C(N)/N=C(/N)NC(C)C#N. The van der Waals surface area contributed by atoms with Crippen LogP contribution < -0.4 is 16.8 Å². The van der Waals surface area contributed by atoms with Crippen molar-refractivity contribution in [3.63, 3.8) is 0 Å². The maximum atomic E-state index is 8.34. The molecule has 0 spiro atoms. The quantitative estimate of drug-likeness (QED) is 0.358. The maximum absolute atomic E-state index is 8.34. The predicted octanol–water partition coefficient (Wildman–Crippen LogP) is -0.767. The van der Waals surface area contributed by atoms with Crippen molar-refractivity contribution in [1.82, 2.24) is 5.32 Å². The van der Waals surface area contributed by atoms with Crippen LogP contribution in [-0.2, 0) is 0 Å². The number of nitrogens with zero attached hydrogens (tertiary/aromatic N) is 2. The third-order valence-electron chi connectivity index (χ3n) is 0.822. The highest BCUT2D eigenvalue weighted by Gasteiger charge is 1.98. The van der Waals surface area contributed by atoms with Crippen LogP contribution in [0.4, 0.5) is 0 Å². The first-order valence-electron chi connectivity index (χ1n) is 3.01. The van der Waals surface area contributed by atoms with E-state index in [4.69, 9.17) is 16.7 Å². The van der Waals surface area contributed by atoms with Crippen LogP contribution in [-0.4, -0.2) is 12.0 Å². The number of nitrogens with one attached hydrogen (secondary N) is 1. The third kappa shape index (κ3) is 4.78. The van der Waals surface area contributed by atoms with E-state index in [1.165, 1.54) is 0 Å². The van der Waals surface area contributed by atoms with Crippen molar-refractivity contribution in [3.05, 3.63) is 12.4 Å². The Morgan fingerprint density at radius 2 is 2.27 bits per heavy atom. The third-order valence-corrected chi connectivity index (χ3v) is 0.822.